The maximum atomic E-state index is 12.8. The number of hydrogen-bond acceptors (Lipinski definition) is 4. The Kier molecular flexibility index (Phi) is 4.84. The first-order chi connectivity index (χ1) is 14.2. The third-order valence-corrected chi connectivity index (χ3v) is 7.03. The first-order valence-corrected chi connectivity index (χ1v) is 11.2. The predicted octanol–water partition coefficient (Wildman–Crippen LogP) is 4.48. The molecular formula is C24H25N3OS. The van der Waals surface area contributed by atoms with Gasteiger partial charge >= 0.3 is 0 Å². The van der Waals surface area contributed by atoms with Crippen LogP contribution in [0.1, 0.15) is 18.5 Å². The van der Waals surface area contributed by atoms with Crippen molar-refractivity contribution >= 4 is 22.9 Å². The minimum Gasteiger partial charge on any atom is -0.371 e. The van der Waals surface area contributed by atoms with Crippen molar-refractivity contribution in [1.82, 2.24) is 9.88 Å². The molecular weight excluding hydrogens is 378 g/mol. The highest BCUT2D eigenvalue weighted by Crippen LogP contribution is 2.40. The molecule has 0 N–H and O–H groups in total. The molecule has 0 atom stereocenters. The van der Waals surface area contributed by atoms with Gasteiger partial charge in [-0.3, -0.25) is 4.79 Å². The maximum Gasteiger partial charge on any atom is 0.228 e. The summed E-state index contributed by atoms with van der Waals surface area (Å²) < 4.78 is 0. The molecule has 2 aliphatic rings. The van der Waals surface area contributed by atoms with Gasteiger partial charge in [0.15, 0.2) is 0 Å². The Balaban J connectivity index is 1.19. The summed E-state index contributed by atoms with van der Waals surface area (Å²) in [5.41, 5.74) is 3.56. The lowest BCUT2D eigenvalue weighted by Gasteiger charge is -2.55. The molecule has 1 amide bonds. The lowest BCUT2D eigenvalue weighted by molar-refractivity contribution is -0.143. The molecule has 0 saturated carbocycles. The van der Waals surface area contributed by atoms with Crippen LogP contribution in [0.5, 0.6) is 0 Å². The molecule has 5 heteroatoms. The zero-order valence-corrected chi connectivity index (χ0v) is 17.3. The van der Waals surface area contributed by atoms with E-state index in [1.807, 2.05) is 28.5 Å². The Morgan fingerprint density at radius 1 is 1.00 bits per heavy atom. The smallest absolute Gasteiger partial charge is 0.228 e. The Bertz CT molecular complexity index is 980. The van der Waals surface area contributed by atoms with Crippen LogP contribution in [-0.2, 0) is 11.2 Å². The fourth-order valence-electron chi connectivity index (χ4n) is 4.63. The van der Waals surface area contributed by atoms with Crippen LogP contribution in [0.4, 0.5) is 5.69 Å². The van der Waals surface area contributed by atoms with Crippen molar-refractivity contribution in [3.63, 3.8) is 0 Å². The van der Waals surface area contributed by atoms with E-state index in [9.17, 15) is 4.79 Å². The Hall–Kier alpha value is -2.66. The van der Waals surface area contributed by atoms with Gasteiger partial charge in [0.25, 0.3) is 0 Å². The van der Waals surface area contributed by atoms with E-state index in [-0.39, 0.29) is 11.3 Å². The predicted molar refractivity (Wildman–Crippen MR) is 118 cm³/mol. The second-order valence-electron chi connectivity index (χ2n) is 8.30. The summed E-state index contributed by atoms with van der Waals surface area (Å²) in [6.45, 7) is 3.92. The first-order valence-electron chi connectivity index (χ1n) is 10.3. The van der Waals surface area contributed by atoms with Crippen LogP contribution in [0.2, 0.25) is 0 Å². The third-order valence-electron chi connectivity index (χ3n) is 6.09. The highest BCUT2D eigenvalue weighted by atomic mass is 32.1. The molecule has 29 heavy (non-hydrogen) atoms. The number of aromatic nitrogens is 1. The second kappa shape index (κ2) is 7.64. The molecule has 5 rings (SSSR count). The zero-order chi connectivity index (χ0) is 19.7. The molecule has 3 aromatic rings. The monoisotopic (exact) mass is 403 g/mol. The topological polar surface area (TPSA) is 36.4 Å². The molecule has 4 nitrogen and oxygen atoms in total. The van der Waals surface area contributed by atoms with Crippen molar-refractivity contribution in [1.29, 1.82) is 0 Å². The van der Waals surface area contributed by atoms with Crippen molar-refractivity contribution in [2.45, 2.75) is 19.3 Å². The first kappa shape index (κ1) is 18.4. The van der Waals surface area contributed by atoms with Crippen LogP contribution < -0.4 is 4.90 Å². The van der Waals surface area contributed by atoms with E-state index in [1.54, 1.807) is 11.3 Å². The molecule has 148 valence electrons. The number of piperidine rings is 1. The van der Waals surface area contributed by atoms with Crippen LogP contribution >= 0.6 is 11.3 Å². The summed E-state index contributed by atoms with van der Waals surface area (Å²) in [5.74, 6) is 0.206. The lowest BCUT2D eigenvalue weighted by Crippen LogP contribution is -2.64. The summed E-state index contributed by atoms with van der Waals surface area (Å²) in [6.07, 6.45) is 2.82. The van der Waals surface area contributed by atoms with Gasteiger partial charge in [-0.15, -0.1) is 11.3 Å². The average Bonchev–Trinajstić information content (AvgIpc) is 3.22. The molecule has 3 heterocycles. The second-order valence-corrected chi connectivity index (χ2v) is 9.16. The van der Waals surface area contributed by atoms with Crippen molar-refractivity contribution in [2.75, 3.05) is 31.1 Å². The molecule has 2 fully saturated rings. The highest BCUT2D eigenvalue weighted by molar-refractivity contribution is 7.13. The van der Waals surface area contributed by atoms with Gasteiger partial charge in [0.1, 0.15) is 5.01 Å². The largest absolute Gasteiger partial charge is 0.371 e. The summed E-state index contributed by atoms with van der Waals surface area (Å²) >= 11 is 1.61. The summed E-state index contributed by atoms with van der Waals surface area (Å²) in [4.78, 5) is 22.0. The van der Waals surface area contributed by atoms with E-state index in [2.05, 4.69) is 52.3 Å². The Morgan fingerprint density at radius 3 is 2.48 bits per heavy atom. The SMILES string of the molecule is O=C(Cc1csc(-c2ccccc2)n1)N1CC2(CCCN(c3ccccc3)C2)C1. The average molecular weight is 404 g/mol. The molecule has 0 unspecified atom stereocenters. The number of amides is 1. The van der Waals surface area contributed by atoms with Gasteiger partial charge in [-0.2, -0.15) is 0 Å². The molecule has 0 bridgehead atoms. The van der Waals surface area contributed by atoms with E-state index in [1.165, 1.54) is 18.5 Å². The molecule has 1 aromatic heterocycles. The molecule has 1 spiro atoms. The number of carbonyl (C=O) groups excluding carboxylic acids is 1. The van der Waals surface area contributed by atoms with Crippen LogP contribution in [0.25, 0.3) is 10.6 Å². The fourth-order valence-corrected chi connectivity index (χ4v) is 5.46. The number of likely N-dealkylation sites (tertiary alicyclic amines) is 1. The number of anilines is 1. The van der Waals surface area contributed by atoms with E-state index in [4.69, 9.17) is 0 Å². The van der Waals surface area contributed by atoms with Crippen molar-refractivity contribution in [3.8, 4) is 10.6 Å². The van der Waals surface area contributed by atoms with E-state index in [0.717, 1.165) is 42.4 Å². The minimum absolute atomic E-state index is 0.206. The number of benzene rings is 2. The van der Waals surface area contributed by atoms with Crippen LogP contribution in [0.3, 0.4) is 0 Å². The number of para-hydroxylation sites is 1. The molecule has 2 aromatic carbocycles. The van der Waals surface area contributed by atoms with Crippen LogP contribution in [0, 0.1) is 5.41 Å². The molecule has 2 aliphatic heterocycles. The lowest BCUT2D eigenvalue weighted by atomic mass is 9.73. The number of hydrogen-bond donors (Lipinski definition) is 0. The minimum atomic E-state index is 0.206. The molecule has 0 radical (unpaired) electrons. The summed E-state index contributed by atoms with van der Waals surface area (Å²) in [6, 6.07) is 20.8. The van der Waals surface area contributed by atoms with Crippen LogP contribution in [0.15, 0.2) is 66.0 Å². The maximum absolute atomic E-state index is 12.8. The molecule has 0 aliphatic carbocycles. The van der Waals surface area contributed by atoms with Gasteiger partial charge in [-0.05, 0) is 25.0 Å². The normalized spacial score (nSPS) is 17.9. The van der Waals surface area contributed by atoms with Gasteiger partial charge in [-0.25, -0.2) is 4.98 Å². The third kappa shape index (κ3) is 3.79. The van der Waals surface area contributed by atoms with Gasteiger partial charge in [0, 0.05) is 48.2 Å². The molecule has 2 saturated heterocycles. The summed E-state index contributed by atoms with van der Waals surface area (Å²) in [7, 11) is 0. The van der Waals surface area contributed by atoms with Gasteiger partial charge in [-0.1, -0.05) is 48.5 Å². The Labute approximate surface area is 175 Å². The number of carbonyl (C=O) groups is 1. The van der Waals surface area contributed by atoms with Gasteiger partial charge < -0.3 is 9.80 Å². The highest BCUT2D eigenvalue weighted by Gasteiger charge is 2.47. The van der Waals surface area contributed by atoms with Crippen molar-refractivity contribution in [3.05, 3.63) is 71.7 Å². The van der Waals surface area contributed by atoms with Gasteiger partial charge in [0.05, 0.1) is 12.1 Å². The fraction of sp³-hybridized carbons (Fsp3) is 0.333. The summed E-state index contributed by atoms with van der Waals surface area (Å²) in [5, 5.41) is 3.01. The standard InChI is InChI=1S/C24H25N3OS/c28-22(14-20-15-29-23(25-20)19-8-3-1-4-9-19)27-17-24(18-27)12-7-13-26(16-24)21-10-5-2-6-11-21/h1-6,8-11,15H,7,12-14,16-18H2. The number of rotatable bonds is 4. The van der Waals surface area contributed by atoms with E-state index in [0.29, 0.717) is 6.42 Å². The van der Waals surface area contributed by atoms with Gasteiger partial charge in [0.2, 0.25) is 5.91 Å². The van der Waals surface area contributed by atoms with Crippen molar-refractivity contribution < 1.29 is 4.79 Å². The van der Waals surface area contributed by atoms with Crippen LogP contribution in [-0.4, -0.2) is 42.0 Å². The number of nitrogens with zero attached hydrogens (tertiary/aromatic N) is 3. The number of thiazole rings is 1. The Morgan fingerprint density at radius 2 is 1.72 bits per heavy atom. The van der Waals surface area contributed by atoms with E-state index < -0.39 is 0 Å². The van der Waals surface area contributed by atoms with Crippen molar-refractivity contribution in [2.24, 2.45) is 5.41 Å². The quantitative estimate of drug-likeness (QED) is 0.644. The zero-order valence-electron chi connectivity index (χ0n) is 16.5. The van der Waals surface area contributed by atoms with E-state index >= 15 is 0 Å².